The topological polar surface area (TPSA) is 189 Å². The molecule has 1 fully saturated rings. The molecule has 1 aliphatic rings. The first-order valence-electron chi connectivity index (χ1n) is 9.52. The number of aliphatic hydroxyl groups is 3. The number of aromatic nitrogens is 4. The van der Waals surface area contributed by atoms with Crippen LogP contribution in [0.4, 0.5) is 5.82 Å². The molecular weight excluding hydrogens is 408 g/mol. The summed E-state index contributed by atoms with van der Waals surface area (Å²) in [6.07, 6.45) is -2.62. The largest absolute Gasteiger partial charge is 0.508 e. The number of benzene rings is 1. The summed E-state index contributed by atoms with van der Waals surface area (Å²) in [5.41, 5.74) is 7.13. The molecule has 1 amide bonds. The molecule has 12 nitrogen and oxygen atoms in total. The van der Waals surface area contributed by atoms with Crippen LogP contribution in [-0.2, 0) is 16.0 Å². The van der Waals surface area contributed by atoms with Crippen LogP contribution in [0.25, 0.3) is 11.2 Å². The van der Waals surface area contributed by atoms with Crippen LogP contribution >= 0.6 is 0 Å². The van der Waals surface area contributed by atoms with Gasteiger partial charge in [-0.15, -0.1) is 0 Å². The van der Waals surface area contributed by atoms with Gasteiger partial charge in [-0.05, 0) is 24.1 Å². The Balaban J connectivity index is 1.48. The molecule has 5 atom stereocenters. The highest BCUT2D eigenvalue weighted by Gasteiger charge is 2.48. The number of amides is 1. The summed E-state index contributed by atoms with van der Waals surface area (Å²) >= 11 is 0. The Morgan fingerprint density at radius 3 is 2.65 bits per heavy atom. The number of nitrogen functional groups attached to an aromatic ring is 1. The Bertz CT molecular complexity index is 1070. The molecule has 164 valence electrons. The summed E-state index contributed by atoms with van der Waals surface area (Å²) in [7, 11) is 0. The van der Waals surface area contributed by atoms with E-state index in [4.69, 9.17) is 10.5 Å². The minimum atomic E-state index is -1.52. The smallest absolute Gasteiger partial charge is 0.252 e. The lowest BCUT2D eigenvalue weighted by atomic mass is 10.0. The number of aromatic hydroxyl groups is 1. The molecule has 0 unspecified atom stereocenters. The van der Waals surface area contributed by atoms with Crippen molar-refractivity contribution in [3.63, 3.8) is 0 Å². The molecule has 3 aromatic rings. The van der Waals surface area contributed by atoms with Crippen LogP contribution in [0.15, 0.2) is 36.9 Å². The van der Waals surface area contributed by atoms with Gasteiger partial charge in [-0.1, -0.05) is 12.1 Å². The number of hydrogen-bond donors (Lipinski definition) is 6. The maximum atomic E-state index is 12.7. The van der Waals surface area contributed by atoms with Crippen molar-refractivity contribution in [2.24, 2.45) is 0 Å². The number of fused-ring (bicyclic) bond motifs is 1. The third-order valence-corrected chi connectivity index (χ3v) is 5.14. The number of nitrogens with zero attached hydrogens (tertiary/aromatic N) is 4. The number of imidazole rings is 1. The predicted molar refractivity (Wildman–Crippen MR) is 106 cm³/mol. The lowest BCUT2D eigenvalue weighted by Gasteiger charge is -2.20. The SMILES string of the molecule is Nc1ncnc2c1ncn2[C@@H]1O[C@H](C(=O)N[C@H](CO)Cc2ccc(O)cc2)[C@@H](O)[C@H]1O. The highest BCUT2D eigenvalue weighted by Crippen LogP contribution is 2.32. The molecular formula is C19H22N6O6. The molecule has 7 N–H and O–H groups in total. The van der Waals surface area contributed by atoms with Crippen molar-refractivity contribution >= 4 is 22.9 Å². The Morgan fingerprint density at radius 2 is 1.94 bits per heavy atom. The van der Waals surface area contributed by atoms with Crippen LogP contribution in [0.2, 0.25) is 0 Å². The normalized spacial score (nSPS) is 24.4. The zero-order valence-corrected chi connectivity index (χ0v) is 16.2. The molecule has 4 rings (SSSR count). The number of hydrogen-bond acceptors (Lipinski definition) is 10. The molecule has 0 aliphatic carbocycles. The lowest BCUT2D eigenvalue weighted by molar-refractivity contribution is -0.138. The van der Waals surface area contributed by atoms with Crippen molar-refractivity contribution < 1.29 is 30.0 Å². The number of phenols is 1. The van der Waals surface area contributed by atoms with Gasteiger partial charge in [0.1, 0.15) is 29.8 Å². The third kappa shape index (κ3) is 4.01. The second-order valence-corrected chi connectivity index (χ2v) is 7.27. The highest BCUT2D eigenvalue weighted by atomic mass is 16.6. The Hall–Kier alpha value is -3.32. The standard InChI is InChI=1S/C19H22N6O6/c20-16-12-17(22-7-21-16)25(8-23-12)19-14(29)13(28)15(31-19)18(30)24-10(6-26)5-9-1-3-11(27)4-2-9/h1-4,7-8,10,13-15,19,26-29H,5-6H2,(H,24,30)(H2,20,21,22)/t10-,13-,14+,15-,19+/m0/s1. The monoisotopic (exact) mass is 430 g/mol. The number of rotatable bonds is 6. The van der Waals surface area contributed by atoms with E-state index in [9.17, 15) is 25.2 Å². The summed E-state index contributed by atoms with van der Waals surface area (Å²) < 4.78 is 7.02. The first-order chi connectivity index (χ1) is 14.9. The number of aliphatic hydroxyl groups excluding tert-OH is 3. The molecule has 1 aliphatic heterocycles. The molecule has 0 saturated carbocycles. The summed E-state index contributed by atoms with van der Waals surface area (Å²) in [5.74, 6) is -0.438. The fourth-order valence-corrected chi connectivity index (χ4v) is 3.52. The molecule has 3 heterocycles. The van der Waals surface area contributed by atoms with Crippen LogP contribution in [0.3, 0.4) is 0 Å². The van der Waals surface area contributed by atoms with E-state index in [1.54, 1.807) is 12.1 Å². The zero-order chi connectivity index (χ0) is 22.1. The second-order valence-electron chi connectivity index (χ2n) is 7.27. The van der Waals surface area contributed by atoms with Gasteiger partial charge in [-0.25, -0.2) is 15.0 Å². The molecule has 0 radical (unpaired) electrons. The average Bonchev–Trinajstić information content (AvgIpc) is 3.31. The van der Waals surface area contributed by atoms with Crippen molar-refractivity contribution in [1.82, 2.24) is 24.8 Å². The number of ether oxygens (including phenoxy) is 1. The van der Waals surface area contributed by atoms with Gasteiger partial charge in [0.05, 0.1) is 19.0 Å². The summed E-state index contributed by atoms with van der Waals surface area (Å²) in [6.45, 7) is -0.357. The lowest BCUT2D eigenvalue weighted by Crippen LogP contribution is -2.48. The van der Waals surface area contributed by atoms with Gasteiger partial charge in [0.2, 0.25) is 0 Å². The van der Waals surface area contributed by atoms with Crippen LogP contribution in [0.1, 0.15) is 11.8 Å². The van der Waals surface area contributed by atoms with Gasteiger partial charge in [0.25, 0.3) is 5.91 Å². The van der Waals surface area contributed by atoms with Crippen molar-refractivity contribution in [1.29, 1.82) is 0 Å². The molecule has 0 spiro atoms. The van der Waals surface area contributed by atoms with Gasteiger partial charge < -0.3 is 36.2 Å². The fraction of sp³-hybridized carbons (Fsp3) is 0.368. The summed E-state index contributed by atoms with van der Waals surface area (Å²) in [5, 5.41) is 42.5. The number of carbonyl (C=O) groups excluding carboxylic acids is 1. The highest BCUT2D eigenvalue weighted by molar-refractivity contribution is 5.83. The third-order valence-electron chi connectivity index (χ3n) is 5.14. The number of nitrogens with two attached hydrogens (primary N) is 1. The van der Waals surface area contributed by atoms with Crippen molar-refractivity contribution in [2.75, 3.05) is 12.3 Å². The van der Waals surface area contributed by atoms with E-state index in [0.717, 1.165) is 5.56 Å². The van der Waals surface area contributed by atoms with Gasteiger partial charge in [-0.3, -0.25) is 9.36 Å². The number of phenolic OH excluding ortho intramolecular Hbond substituents is 1. The second kappa shape index (κ2) is 8.43. The summed E-state index contributed by atoms with van der Waals surface area (Å²) in [4.78, 5) is 24.7. The van der Waals surface area contributed by atoms with E-state index in [2.05, 4.69) is 20.3 Å². The van der Waals surface area contributed by atoms with E-state index < -0.39 is 36.5 Å². The van der Waals surface area contributed by atoms with Gasteiger partial charge >= 0.3 is 0 Å². The zero-order valence-electron chi connectivity index (χ0n) is 16.2. The predicted octanol–water partition coefficient (Wildman–Crippen LogP) is -1.55. The molecule has 12 heteroatoms. The van der Waals surface area contributed by atoms with Crippen LogP contribution in [0.5, 0.6) is 5.75 Å². The van der Waals surface area contributed by atoms with E-state index >= 15 is 0 Å². The molecule has 0 bridgehead atoms. The molecule has 1 saturated heterocycles. The Morgan fingerprint density at radius 1 is 1.19 bits per heavy atom. The van der Waals surface area contributed by atoms with E-state index in [0.29, 0.717) is 11.9 Å². The number of carbonyl (C=O) groups is 1. The van der Waals surface area contributed by atoms with E-state index in [1.807, 2.05) is 0 Å². The van der Waals surface area contributed by atoms with Crippen LogP contribution in [0, 0.1) is 0 Å². The van der Waals surface area contributed by atoms with E-state index in [1.165, 1.54) is 29.4 Å². The summed E-state index contributed by atoms with van der Waals surface area (Å²) in [6, 6.07) is 5.68. The van der Waals surface area contributed by atoms with Gasteiger partial charge in [0, 0.05) is 0 Å². The fourth-order valence-electron chi connectivity index (χ4n) is 3.52. The number of anilines is 1. The molecule has 1 aromatic carbocycles. The van der Waals surface area contributed by atoms with Gasteiger partial charge in [0.15, 0.2) is 23.8 Å². The minimum absolute atomic E-state index is 0.106. The average molecular weight is 430 g/mol. The first kappa shape index (κ1) is 20.9. The first-order valence-corrected chi connectivity index (χ1v) is 9.52. The maximum absolute atomic E-state index is 12.7. The van der Waals surface area contributed by atoms with Gasteiger partial charge in [-0.2, -0.15) is 0 Å². The minimum Gasteiger partial charge on any atom is -0.508 e. The maximum Gasteiger partial charge on any atom is 0.252 e. The number of nitrogens with one attached hydrogen (secondary N) is 1. The van der Waals surface area contributed by atoms with Crippen LogP contribution in [-0.4, -0.2) is 76.8 Å². The molecule has 2 aromatic heterocycles. The quantitative estimate of drug-likeness (QED) is 0.267. The van der Waals surface area contributed by atoms with Crippen molar-refractivity contribution in [3.05, 3.63) is 42.5 Å². The van der Waals surface area contributed by atoms with Crippen molar-refractivity contribution in [2.45, 2.75) is 37.0 Å². The van der Waals surface area contributed by atoms with E-state index in [-0.39, 0.29) is 23.8 Å². The Kier molecular flexibility index (Phi) is 5.69. The Labute approximate surface area is 176 Å². The van der Waals surface area contributed by atoms with Crippen molar-refractivity contribution in [3.8, 4) is 5.75 Å². The molecule has 31 heavy (non-hydrogen) atoms. The van der Waals surface area contributed by atoms with Crippen LogP contribution < -0.4 is 11.1 Å².